The van der Waals surface area contributed by atoms with E-state index in [1.54, 1.807) is 91.0 Å². The van der Waals surface area contributed by atoms with Crippen LogP contribution >= 0.6 is 0 Å². The van der Waals surface area contributed by atoms with Crippen LogP contribution in [0.25, 0.3) is 0 Å². The van der Waals surface area contributed by atoms with Crippen LogP contribution in [0.4, 0.5) is 0 Å². The molecule has 1 fully saturated rings. The first-order valence-electron chi connectivity index (χ1n) is 12.3. The van der Waals surface area contributed by atoms with Gasteiger partial charge in [0.15, 0.2) is 18.5 Å². The molecule has 0 saturated carbocycles. The average Bonchev–Trinajstić information content (AvgIpc) is 2.99. The van der Waals surface area contributed by atoms with Crippen LogP contribution in [0.3, 0.4) is 0 Å². The van der Waals surface area contributed by atoms with E-state index in [9.17, 15) is 19.5 Å². The number of esters is 3. The lowest BCUT2D eigenvalue weighted by Crippen LogP contribution is -2.62. The summed E-state index contributed by atoms with van der Waals surface area (Å²) in [5, 5.41) is 11.2. The van der Waals surface area contributed by atoms with Crippen molar-refractivity contribution in [1.29, 1.82) is 0 Å². The van der Waals surface area contributed by atoms with Gasteiger partial charge < -0.3 is 28.8 Å². The molecule has 0 aromatic heterocycles. The Kier molecular flexibility index (Phi) is 9.58. The Labute approximate surface area is 225 Å². The van der Waals surface area contributed by atoms with Crippen LogP contribution in [0, 0.1) is 0 Å². The Morgan fingerprint density at radius 1 is 0.744 bits per heavy atom. The van der Waals surface area contributed by atoms with Gasteiger partial charge in [0.1, 0.15) is 18.8 Å². The molecule has 0 spiro atoms. The number of benzene rings is 3. The molecule has 39 heavy (non-hydrogen) atoms. The molecule has 1 saturated heterocycles. The minimum atomic E-state index is -1.54. The number of ether oxygens (including phenoxy) is 5. The van der Waals surface area contributed by atoms with Crippen molar-refractivity contribution in [3.8, 4) is 0 Å². The van der Waals surface area contributed by atoms with Gasteiger partial charge in [0.2, 0.25) is 0 Å². The summed E-state index contributed by atoms with van der Waals surface area (Å²) >= 11 is 0. The Balaban J connectivity index is 1.59. The second-order valence-corrected chi connectivity index (χ2v) is 8.59. The standard InChI is InChI=1S/C30H28O9/c1-2-18-35-30-26(39-29(34)22-16-10-5-11-17-22)25(38-28(33)21-14-8-4-9-15-21)24(31)23(37-30)19-36-27(32)20-12-6-3-7-13-20/h2-17,23-26,30-31H,1,18-19H2/t23-,24-,25+,26-,30-/m1/s1. The van der Waals surface area contributed by atoms with Gasteiger partial charge in [0.05, 0.1) is 23.3 Å². The molecular formula is C30H28O9. The number of hydrogen-bond donors (Lipinski definition) is 1. The largest absolute Gasteiger partial charge is 0.459 e. The lowest BCUT2D eigenvalue weighted by atomic mass is 9.98. The van der Waals surface area contributed by atoms with Crippen LogP contribution in [0.5, 0.6) is 0 Å². The van der Waals surface area contributed by atoms with Gasteiger partial charge in [0.25, 0.3) is 0 Å². The van der Waals surface area contributed by atoms with Gasteiger partial charge in [-0.15, -0.1) is 6.58 Å². The smallest absolute Gasteiger partial charge is 0.338 e. The van der Waals surface area contributed by atoms with Crippen LogP contribution in [0.15, 0.2) is 104 Å². The highest BCUT2D eigenvalue weighted by atomic mass is 16.7. The van der Waals surface area contributed by atoms with E-state index < -0.39 is 48.6 Å². The van der Waals surface area contributed by atoms with Crippen LogP contribution in [-0.4, -0.2) is 66.9 Å². The van der Waals surface area contributed by atoms with E-state index in [2.05, 4.69) is 6.58 Å². The zero-order valence-corrected chi connectivity index (χ0v) is 21.0. The fraction of sp³-hybridized carbons (Fsp3) is 0.233. The molecule has 1 aliphatic heterocycles. The van der Waals surface area contributed by atoms with E-state index in [-0.39, 0.29) is 24.3 Å². The van der Waals surface area contributed by atoms with Crippen molar-refractivity contribution in [2.45, 2.75) is 30.7 Å². The van der Waals surface area contributed by atoms with Crippen molar-refractivity contribution in [2.75, 3.05) is 13.2 Å². The lowest BCUT2D eigenvalue weighted by molar-refractivity contribution is -0.296. The molecule has 1 heterocycles. The first-order valence-corrected chi connectivity index (χ1v) is 12.3. The Morgan fingerprint density at radius 3 is 1.69 bits per heavy atom. The van der Waals surface area contributed by atoms with E-state index in [4.69, 9.17) is 23.7 Å². The number of carbonyl (C=O) groups is 3. The SMILES string of the molecule is C=CCO[C@@H]1O[C@H](COC(=O)c2ccccc2)[C@@H](O)[C@H](OC(=O)c2ccccc2)[C@H]1OC(=O)c1ccccc1. The van der Waals surface area contributed by atoms with Crippen molar-refractivity contribution in [1.82, 2.24) is 0 Å². The predicted octanol–water partition coefficient (Wildman–Crippen LogP) is 3.58. The summed E-state index contributed by atoms with van der Waals surface area (Å²) in [6.07, 6.45) is -5.32. The number of rotatable bonds is 10. The monoisotopic (exact) mass is 532 g/mol. The Hall–Kier alpha value is -4.31. The minimum absolute atomic E-state index is 0.00394. The van der Waals surface area contributed by atoms with E-state index in [1.165, 1.54) is 6.08 Å². The normalized spacial score (nSPS) is 22.3. The zero-order valence-electron chi connectivity index (χ0n) is 21.0. The zero-order chi connectivity index (χ0) is 27.6. The summed E-state index contributed by atoms with van der Waals surface area (Å²) < 4.78 is 28.3. The fourth-order valence-electron chi connectivity index (χ4n) is 3.93. The highest BCUT2D eigenvalue weighted by molar-refractivity contribution is 5.90. The van der Waals surface area contributed by atoms with E-state index in [0.29, 0.717) is 5.56 Å². The summed E-state index contributed by atoms with van der Waals surface area (Å²) in [7, 11) is 0. The molecule has 5 atom stereocenters. The molecule has 3 aromatic rings. The van der Waals surface area contributed by atoms with Gasteiger partial charge in [-0.05, 0) is 36.4 Å². The van der Waals surface area contributed by atoms with Crippen molar-refractivity contribution in [2.24, 2.45) is 0 Å². The molecule has 4 rings (SSSR count). The maximum absolute atomic E-state index is 13.0. The number of aliphatic hydroxyl groups excluding tert-OH is 1. The molecule has 0 bridgehead atoms. The second kappa shape index (κ2) is 13.5. The molecule has 0 amide bonds. The predicted molar refractivity (Wildman–Crippen MR) is 139 cm³/mol. The molecule has 1 N–H and O–H groups in total. The van der Waals surface area contributed by atoms with Crippen molar-refractivity contribution < 1.29 is 43.2 Å². The second-order valence-electron chi connectivity index (χ2n) is 8.59. The van der Waals surface area contributed by atoms with Crippen LogP contribution in [-0.2, 0) is 23.7 Å². The van der Waals surface area contributed by atoms with E-state index in [0.717, 1.165) is 0 Å². The number of aliphatic hydroxyl groups is 1. The lowest BCUT2D eigenvalue weighted by Gasteiger charge is -2.42. The maximum atomic E-state index is 13.0. The molecule has 0 aliphatic carbocycles. The summed E-state index contributed by atoms with van der Waals surface area (Å²) in [6, 6.07) is 24.6. The minimum Gasteiger partial charge on any atom is -0.459 e. The van der Waals surface area contributed by atoms with E-state index >= 15 is 0 Å². The molecule has 9 nitrogen and oxygen atoms in total. The summed E-state index contributed by atoms with van der Waals surface area (Å²) in [4.78, 5) is 38.4. The molecule has 0 unspecified atom stereocenters. The maximum Gasteiger partial charge on any atom is 0.338 e. The van der Waals surface area contributed by atoms with Crippen molar-refractivity contribution in [3.05, 3.63) is 120 Å². The van der Waals surface area contributed by atoms with Gasteiger partial charge in [0, 0.05) is 0 Å². The average molecular weight is 533 g/mol. The Morgan fingerprint density at radius 2 is 1.21 bits per heavy atom. The van der Waals surface area contributed by atoms with Crippen molar-refractivity contribution >= 4 is 17.9 Å². The first kappa shape index (κ1) is 27.7. The quantitative estimate of drug-likeness (QED) is 0.237. The number of carbonyl (C=O) groups excluding carboxylic acids is 3. The molecule has 3 aromatic carbocycles. The van der Waals surface area contributed by atoms with E-state index in [1.807, 2.05) is 0 Å². The third-order valence-electron chi connectivity index (χ3n) is 5.89. The summed E-state index contributed by atoms with van der Waals surface area (Å²) in [5.74, 6) is -2.13. The van der Waals surface area contributed by atoms with Crippen LogP contribution < -0.4 is 0 Å². The number of hydrogen-bond acceptors (Lipinski definition) is 9. The Bertz CT molecular complexity index is 1250. The molecule has 202 valence electrons. The van der Waals surface area contributed by atoms with Gasteiger partial charge in [-0.25, -0.2) is 14.4 Å². The molecule has 0 radical (unpaired) electrons. The third kappa shape index (κ3) is 7.17. The molecule has 9 heteroatoms. The fourth-order valence-corrected chi connectivity index (χ4v) is 3.93. The van der Waals surface area contributed by atoms with Gasteiger partial charge in [-0.1, -0.05) is 60.7 Å². The highest BCUT2D eigenvalue weighted by Crippen LogP contribution is 2.29. The van der Waals surface area contributed by atoms with Gasteiger partial charge in [-0.2, -0.15) is 0 Å². The van der Waals surface area contributed by atoms with Gasteiger partial charge >= 0.3 is 17.9 Å². The van der Waals surface area contributed by atoms with Crippen LogP contribution in [0.2, 0.25) is 0 Å². The summed E-state index contributed by atoms with van der Waals surface area (Å²) in [6.45, 7) is 3.23. The molecule has 1 aliphatic rings. The molecular weight excluding hydrogens is 504 g/mol. The summed E-state index contributed by atoms with van der Waals surface area (Å²) in [5.41, 5.74) is 0.769. The highest BCUT2D eigenvalue weighted by Gasteiger charge is 2.51. The first-order chi connectivity index (χ1) is 19.0. The van der Waals surface area contributed by atoms with Gasteiger partial charge in [-0.3, -0.25) is 0 Å². The van der Waals surface area contributed by atoms with Crippen LogP contribution in [0.1, 0.15) is 31.1 Å². The topological polar surface area (TPSA) is 118 Å². The van der Waals surface area contributed by atoms with Crippen molar-refractivity contribution in [3.63, 3.8) is 0 Å². The third-order valence-corrected chi connectivity index (χ3v) is 5.89.